The summed E-state index contributed by atoms with van der Waals surface area (Å²) in [6.45, 7) is 6.44. The molecule has 1 unspecified atom stereocenters. The molecule has 0 saturated carbocycles. The minimum Gasteiger partial charge on any atom is -0.462 e. The van der Waals surface area contributed by atoms with E-state index in [9.17, 15) is 14.4 Å². The molecule has 350 valence electrons. The average molecular weight is 851 g/mol. The minimum atomic E-state index is -0.796. The SMILES string of the molecule is CC/C=C\C/C=C\C/C=C\CCCCCC(=O)OC(COC(=O)CCCCCCC/C=C\CCCCCC)COC(=O)CCCCCCCCC/C=C\C/C=C\CCCCC. The van der Waals surface area contributed by atoms with E-state index in [1.54, 1.807) is 0 Å². The van der Waals surface area contributed by atoms with Crippen molar-refractivity contribution in [1.82, 2.24) is 0 Å². The molecule has 0 aromatic heterocycles. The van der Waals surface area contributed by atoms with Crippen LogP contribution < -0.4 is 0 Å². The number of hydrogen-bond acceptors (Lipinski definition) is 6. The van der Waals surface area contributed by atoms with Crippen LogP contribution in [0.4, 0.5) is 0 Å². The van der Waals surface area contributed by atoms with Crippen LogP contribution in [0.1, 0.15) is 239 Å². The lowest BCUT2D eigenvalue weighted by molar-refractivity contribution is -0.167. The first kappa shape index (κ1) is 57.9. The standard InChI is InChI=1S/C55H94O6/c1-4-7-10-13-16-19-22-25-26-27-28-31-33-36-39-42-45-48-54(57)60-51-52(61-55(58)49-46-43-40-37-34-30-24-21-18-15-12-9-6-3)50-59-53(56)47-44-41-38-35-32-29-23-20-17-14-11-8-5-2/h9,12,16,18-21,23,25-26,30,34,52H,4-8,10-11,13-15,17,22,24,27-29,31-33,35-51H2,1-3H3/b12-9-,19-16-,21-18-,23-20-,26-25-,34-30-. The van der Waals surface area contributed by atoms with E-state index in [2.05, 4.69) is 93.7 Å². The van der Waals surface area contributed by atoms with Gasteiger partial charge in [-0.05, 0) is 109 Å². The molecule has 0 amide bonds. The quantitative estimate of drug-likeness (QED) is 0.0263. The van der Waals surface area contributed by atoms with Crippen molar-refractivity contribution in [2.24, 2.45) is 0 Å². The number of ether oxygens (including phenoxy) is 3. The van der Waals surface area contributed by atoms with Gasteiger partial charge in [0.25, 0.3) is 0 Å². The zero-order valence-corrected chi connectivity index (χ0v) is 39.9. The summed E-state index contributed by atoms with van der Waals surface area (Å²) in [6, 6.07) is 0. The van der Waals surface area contributed by atoms with E-state index in [1.807, 2.05) is 0 Å². The predicted octanol–water partition coefficient (Wildman–Crippen LogP) is 16.6. The lowest BCUT2D eigenvalue weighted by Gasteiger charge is -2.18. The summed E-state index contributed by atoms with van der Waals surface area (Å²) in [4.78, 5) is 37.9. The lowest BCUT2D eigenvalue weighted by Crippen LogP contribution is -2.30. The van der Waals surface area contributed by atoms with Gasteiger partial charge in [0.15, 0.2) is 6.10 Å². The highest BCUT2D eigenvalue weighted by Gasteiger charge is 2.19. The molecule has 0 radical (unpaired) electrons. The van der Waals surface area contributed by atoms with Crippen LogP contribution >= 0.6 is 0 Å². The van der Waals surface area contributed by atoms with Gasteiger partial charge in [-0.15, -0.1) is 0 Å². The number of allylic oxidation sites excluding steroid dienone is 12. The first-order valence-corrected chi connectivity index (χ1v) is 25.4. The summed E-state index contributed by atoms with van der Waals surface area (Å²) in [6.07, 6.45) is 61.7. The Kier molecular flexibility index (Phi) is 46.9. The van der Waals surface area contributed by atoms with Crippen molar-refractivity contribution in [1.29, 1.82) is 0 Å². The van der Waals surface area contributed by atoms with Crippen molar-refractivity contribution in [2.45, 2.75) is 245 Å². The van der Waals surface area contributed by atoms with Crippen molar-refractivity contribution in [3.63, 3.8) is 0 Å². The van der Waals surface area contributed by atoms with E-state index < -0.39 is 6.10 Å². The number of rotatable bonds is 45. The van der Waals surface area contributed by atoms with Gasteiger partial charge in [-0.1, -0.05) is 184 Å². The largest absolute Gasteiger partial charge is 0.462 e. The first-order chi connectivity index (χ1) is 30.0. The predicted molar refractivity (Wildman–Crippen MR) is 261 cm³/mol. The van der Waals surface area contributed by atoms with Crippen LogP contribution in [-0.4, -0.2) is 37.2 Å². The fourth-order valence-corrected chi connectivity index (χ4v) is 6.83. The second-order valence-corrected chi connectivity index (χ2v) is 16.7. The molecule has 0 aromatic rings. The summed E-state index contributed by atoms with van der Waals surface area (Å²) in [7, 11) is 0. The highest BCUT2D eigenvalue weighted by atomic mass is 16.6. The van der Waals surface area contributed by atoms with Gasteiger partial charge >= 0.3 is 17.9 Å². The number of carbonyl (C=O) groups excluding carboxylic acids is 3. The molecule has 61 heavy (non-hydrogen) atoms. The molecule has 6 nitrogen and oxygen atoms in total. The van der Waals surface area contributed by atoms with E-state index in [-0.39, 0.29) is 31.1 Å². The van der Waals surface area contributed by atoms with Gasteiger partial charge < -0.3 is 14.2 Å². The number of esters is 3. The molecule has 0 spiro atoms. The Hall–Kier alpha value is -3.15. The van der Waals surface area contributed by atoms with Gasteiger partial charge in [0.2, 0.25) is 0 Å². The Labute approximate surface area is 376 Å². The maximum atomic E-state index is 12.8. The molecule has 0 rings (SSSR count). The van der Waals surface area contributed by atoms with Gasteiger partial charge in [-0.25, -0.2) is 0 Å². The smallest absolute Gasteiger partial charge is 0.306 e. The summed E-state index contributed by atoms with van der Waals surface area (Å²) in [5, 5.41) is 0. The van der Waals surface area contributed by atoms with Crippen molar-refractivity contribution in [3.8, 4) is 0 Å². The molecular weight excluding hydrogens is 757 g/mol. The number of hydrogen-bond donors (Lipinski definition) is 0. The molecule has 0 aliphatic heterocycles. The molecular formula is C55H94O6. The summed E-state index contributed by atoms with van der Waals surface area (Å²) in [5.74, 6) is -0.940. The molecule has 0 fully saturated rings. The van der Waals surface area contributed by atoms with Crippen LogP contribution in [0.5, 0.6) is 0 Å². The van der Waals surface area contributed by atoms with E-state index in [1.165, 1.54) is 96.3 Å². The Morgan fingerprint density at radius 2 is 0.639 bits per heavy atom. The zero-order valence-electron chi connectivity index (χ0n) is 39.9. The minimum absolute atomic E-state index is 0.0944. The third kappa shape index (κ3) is 47.7. The maximum Gasteiger partial charge on any atom is 0.306 e. The molecule has 6 heteroatoms. The van der Waals surface area contributed by atoms with Crippen LogP contribution in [0.2, 0.25) is 0 Å². The van der Waals surface area contributed by atoms with E-state index >= 15 is 0 Å². The highest BCUT2D eigenvalue weighted by molar-refractivity contribution is 5.71. The van der Waals surface area contributed by atoms with Crippen molar-refractivity contribution in [3.05, 3.63) is 72.9 Å². The average Bonchev–Trinajstić information content (AvgIpc) is 3.26. The van der Waals surface area contributed by atoms with Crippen LogP contribution in [-0.2, 0) is 28.6 Å². The fourth-order valence-electron chi connectivity index (χ4n) is 6.83. The van der Waals surface area contributed by atoms with Crippen LogP contribution in [0.3, 0.4) is 0 Å². The van der Waals surface area contributed by atoms with E-state index in [0.717, 1.165) is 103 Å². The van der Waals surface area contributed by atoms with Crippen LogP contribution in [0, 0.1) is 0 Å². The van der Waals surface area contributed by atoms with Gasteiger partial charge in [0.1, 0.15) is 13.2 Å². The zero-order chi connectivity index (χ0) is 44.4. The molecule has 0 bridgehead atoms. The summed E-state index contributed by atoms with van der Waals surface area (Å²) < 4.78 is 16.7. The van der Waals surface area contributed by atoms with Gasteiger partial charge in [0.05, 0.1) is 0 Å². The maximum absolute atomic E-state index is 12.8. The van der Waals surface area contributed by atoms with Crippen molar-refractivity contribution < 1.29 is 28.6 Å². The normalized spacial score (nSPS) is 12.6. The molecule has 0 heterocycles. The number of carbonyl (C=O) groups is 3. The topological polar surface area (TPSA) is 78.9 Å². The Balaban J connectivity index is 4.43. The van der Waals surface area contributed by atoms with Crippen LogP contribution in [0.15, 0.2) is 72.9 Å². The molecule has 0 aliphatic carbocycles. The highest BCUT2D eigenvalue weighted by Crippen LogP contribution is 2.13. The molecule has 0 N–H and O–H groups in total. The van der Waals surface area contributed by atoms with Gasteiger partial charge in [-0.3, -0.25) is 14.4 Å². The van der Waals surface area contributed by atoms with Crippen molar-refractivity contribution in [2.75, 3.05) is 13.2 Å². The molecule has 0 aliphatic rings. The lowest BCUT2D eigenvalue weighted by atomic mass is 10.1. The van der Waals surface area contributed by atoms with E-state index in [0.29, 0.717) is 19.3 Å². The third-order valence-corrected chi connectivity index (χ3v) is 10.7. The molecule has 1 atom stereocenters. The third-order valence-electron chi connectivity index (χ3n) is 10.7. The molecule has 0 aromatic carbocycles. The fraction of sp³-hybridized carbons (Fsp3) is 0.727. The monoisotopic (exact) mass is 851 g/mol. The van der Waals surface area contributed by atoms with E-state index in [4.69, 9.17) is 14.2 Å². The Morgan fingerprint density at radius 3 is 1.07 bits per heavy atom. The second-order valence-electron chi connectivity index (χ2n) is 16.7. The Morgan fingerprint density at radius 1 is 0.344 bits per heavy atom. The molecule has 0 saturated heterocycles. The van der Waals surface area contributed by atoms with Crippen LogP contribution in [0.25, 0.3) is 0 Å². The van der Waals surface area contributed by atoms with Gasteiger partial charge in [0, 0.05) is 19.3 Å². The van der Waals surface area contributed by atoms with Crippen molar-refractivity contribution >= 4 is 17.9 Å². The van der Waals surface area contributed by atoms with Gasteiger partial charge in [-0.2, -0.15) is 0 Å². The second kappa shape index (κ2) is 49.5. The summed E-state index contributed by atoms with van der Waals surface area (Å²) in [5.41, 5.74) is 0. The number of unbranched alkanes of at least 4 members (excludes halogenated alkanes) is 22. The first-order valence-electron chi connectivity index (χ1n) is 25.4. The summed E-state index contributed by atoms with van der Waals surface area (Å²) >= 11 is 0. The Bertz CT molecular complexity index is 1160.